The lowest BCUT2D eigenvalue weighted by Gasteiger charge is -2.15. The summed E-state index contributed by atoms with van der Waals surface area (Å²) < 4.78 is 6.50. The molecule has 0 saturated carbocycles. The first-order valence-electron chi connectivity index (χ1n) is 6.83. The van der Waals surface area contributed by atoms with Crippen LogP contribution in [-0.4, -0.2) is 37.3 Å². The van der Waals surface area contributed by atoms with E-state index in [2.05, 4.69) is 17.6 Å². The lowest BCUT2D eigenvalue weighted by atomic mass is 9.97. The highest BCUT2D eigenvalue weighted by Gasteiger charge is 2.29. The summed E-state index contributed by atoms with van der Waals surface area (Å²) in [5.41, 5.74) is 0.542. The second-order valence-corrected chi connectivity index (χ2v) is 5.17. The number of rotatable bonds is 5. The van der Waals surface area contributed by atoms with Crippen molar-refractivity contribution in [1.82, 2.24) is 9.88 Å². The van der Waals surface area contributed by atoms with Gasteiger partial charge < -0.3 is 19.9 Å². The Morgan fingerprint density at radius 2 is 2.30 bits per heavy atom. The summed E-state index contributed by atoms with van der Waals surface area (Å²) >= 11 is 0. The lowest BCUT2D eigenvalue weighted by Crippen LogP contribution is -2.29. The van der Waals surface area contributed by atoms with Gasteiger partial charge in [-0.25, -0.2) is 0 Å². The molecular weight excluding hydrogens is 258 g/mol. The average molecular weight is 279 g/mol. The second-order valence-electron chi connectivity index (χ2n) is 5.17. The van der Waals surface area contributed by atoms with E-state index in [1.165, 1.54) is 10.6 Å². The smallest absolute Gasteiger partial charge is 0.250 e. The van der Waals surface area contributed by atoms with E-state index in [9.17, 15) is 9.59 Å². The van der Waals surface area contributed by atoms with Gasteiger partial charge in [0.05, 0.1) is 18.2 Å². The molecule has 0 bridgehead atoms. The largest absolute Gasteiger partial charge is 0.383 e. The molecule has 2 atom stereocenters. The van der Waals surface area contributed by atoms with E-state index in [4.69, 9.17) is 4.74 Å². The molecule has 1 amide bonds. The number of nitrogens with one attached hydrogen (secondary N) is 2. The zero-order valence-corrected chi connectivity index (χ0v) is 11.9. The van der Waals surface area contributed by atoms with Crippen molar-refractivity contribution >= 4 is 11.6 Å². The third-order valence-electron chi connectivity index (χ3n) is 3.64. The molecule has 6 heteroatoms. The topological polar surface area (TPSA) is 72.4 Å². The number of amides is 1. The molecule has 1 aliphatic rings. The fourth-order valence-electron chi connectivity index (χ4n) is 2.37. The molecule has 2 N–H and O–H groups in total. The number of anilines is 1. The monoisotopic (exact) mass is 279 g/mol. The molecule has 2 unspecified atom stereocenters. The number of nitrogens with zero attached hydrogens (tertiary/aromatic N) is 1. The number of carbonyl (C=O) groups excluding carboxylic acids is 1. The summed E-state index contributed by atoms with van der Waals surface area (Å²) in [6.45, 7) is 4.56. The quantitative estimate of drug-likeness (QED) is 0.812. The summed E-state index contributed by atoms with van der Waals surface area (Å²) in [5.74, 6) is 0.309. The highest BCUT2D eigenvalue weighted by molar-refractivity contribution is 5.92. The Morgan fingerprint density at radius 1 is 1.50 bits per heavy atom. The maximum absolute atomic E-state index is 12.2. The molecule has 0 aliphatic carbocycles. The number of aromatic nitrogens is 1. The van der Waals surface area contributed by atoms with Crippen LogP contribution < -0.4 is 16.2 Å². The zero-order valence-electron chi connectivity index (χ0n) is 11.9. The van der Waals surface area contributed by atoms with Gasteiger partial charge in [0.1, 0.15) is 0 Å². The summed E-state index contributed by atoms with van der Waals surface area (Å²) in [6.07, 6.45) is 1.66. The molecule has 1 fully saturated rings. The molecule has 6 nitrogen and oxygen atoms in total. The van der Waals surface area contributed by atoms with Crippen molar-refractivity contribution in [3.8, 4) is 0 Å². The maximum Gasteiger partial charge on any atom is 0.250 e. The van der Waals surface area contributed by atoms with E-state index < -0.39 is 0 Å². The first-order chi connectivity index (χ1) is 9.61. The molecule has 20 heavy (non-hydrogen) atoms. The summed E-state index contributed by atoms with van der Waals surface area (Å²) in [4.78, 5) is 23.8. The molecule has 1 saturated heterocycles. The molecule has 0 radical (unpaired) electrons. The van der Waals surface area contributed by atoms with Crippen LogP contribution in [0.2, 0.25) is 0 Å². The van der Waals surface area contributed by atoms with Gasteiger partial charge in [0, 0.05) is 32.5 Å². The van der Waals surface area contributed by atoms with E-state index in [0.717, 1.165) is 6.54 Å². The first kappa shape index (κ1) is 14.7. The molecule has 0 spiro atoms. The Balaban J connectivity index is 2.05. The van der Waals surface area contributed by atoms with Crippen LogP contribution in [-0.2, 0) is 16.1 Å². The van der Waals surface area contributed by atoms with Crippen molar-refractivity contribution in [3.63, 3.8) is 0 Å². The summed E-state index contributed by atoms with van der Waals surface area (Å²) in [5, 5.41) is 6.08. The molecule has 2 rings (SSSR count). The zero-order chi connectivity index (χ0) is 14.5. The average Bonchev–Trinajstić information content (AvgIpc) is 2.85. The van der Waals surface area contributed by atoms with Gasteiger partial charge in [-0.05, 0) is 18.5 Å². The molecular formula is C14H21N3O3. The second kappa shape index (κ2) is 6.67. The minimum Gasteiger partial charge on any atom is -0.383 e. The molecule has 1 aliphatic heterocycles. The first-order valence-corrected chi connectivity index (χ1v) is 6.83. The Morgan fingerprint density at radius 3 is 2.95 bits per heavy atom. The van der Waals surface area contributed by atoms with Crippen LogP contribution in [0.25, 0.3) is 0 Å². The number of ether oxygens (including phenoxy) is 1. The fourth-order valence-corrected chi connectivity index (χ4v) is 2.37. The molecule has 1 aromatic heterocycles. The van der Waals surface area contributed by atoms with Crippen molar-refractivity contribution in [1.29, 1.82) is 0 Å². The van der Waals surface area contributed by atoms with Gasteiger partial charge >= 0.3 is 0 Å². The summed E-state index contributed by atoms with van der Waals surface area (Å²) in [7, 11) is 1.59. The highest BCUT2D eigenvalue weighted by atomic mass is 16.5. The van der Waals surface area contributed by atoms with Crippen LogP contribution in [0.1, 0.15) is 6.92 Å². The number of pyridine rings is 1. The van der Waals surface area contributed by atoms with Gasteiger partial charge in [-0.1, -0.05) is 6.92 Å². The van der Waals surface area contributed by atoms with E-state index in [1.807, 2.05) is 0 Å². The van der Waals surface area contributed by atoms with E-state index in [1.54, 1.807) is 19.4 Å². The number of hydrogen-bond acceptors (Lipinski definition) is 4. The molecule has 110 valence electrons. The third-order valence-corrected chi connectivity index (χ3v) is 3.64. The van der Waals surface area contributed by atoms with Gasteiger partial charge in [-0.3, -0.25) is 9.59 Å². The number of methoxy groups -OCH3 is 1. The van der Waals surface area contributed by atoms with Crippen LogP contribution in [0, 0.1) is 11.8 Å². The Bertz CT molecular complexity index is 527. The van der Waals surface area contributed by atoms with Gasteiger partial charge in [0.15, 0.2) is 0 Å². The minimum absolute atomic E-state index is 0.000518. The molecule has 0 aromatic carbocycles. The predicted octanol–water partition coefficient (Wildman–Crippen LogP) is 0.289. The van der Waals surface area contributed by atoms with Gasteiger partial charge in [0.2, 0.25) is 5.91 Å². The Hall–Kier alpha value is -1.66. The van der Waals surface area contributed by atoms with Gasteiger partial charge in [0.25, 0.3) is 5.56 Å². The van der Waals surface area contributed by atoms with Crippen LogP contribution in [0.4, 0.5) is 5.69 Å². The third kappa shape index (κ3) is 3.46. The van der Waals surface area contributed by atoms with Crippen molar-refractivity contribution in [3.05, 3.63) is 28.7 Å². The van der Waals surface area contributed by atoms with Crippen LogP contribution in [0.5, 0.6) is 0 Å². The molecule has 2 heterocycles. The maximum atomic E-state index is 12.2. The van der Waals surface area contributed by atoms with E-state index in [-0.39, 0.29) is 17.4 Å². The fraction of sp³-hybridized carbons (Fsp3) is 0.571. The van der Waals surface area contributed by atoms with Crippen LogP contribution in [0.15, 0.2) is 23.1 Å². The van der Waals surface area contributed by atoms with Gasteiger partial charge in [-0.15, -0.1) is 0 Å². The summed E-state index contributed by atoms with van der Waals surface area (Å²) in [6, 6.07) is 3.10. The normalized spacial score (nSPS) is 21.9. The Kier molecular flexibility index (Phi) is 4.92. The van der Waals surface area contributed by atoms with Crippen molar-refractivity contribution in [2.75, 3.05) is 32.1 Å². The van der Waals surface area contributed by atoms with Crippen LogP contribution >= 0.6 is 0 Å². The van der Waals surface area contributed by atoms with E-state index in [0.29, 0.717) is 31.3 Å². The Labute approximate surface area is 118 Å². The highest BCUT2D eigenvalue weighted by Crippen LogP contribution is 2.18. The van der Waals surface area contributed by atoms with Crippen molar-refractivity contribution in [2.24, 2.45) is 11.8 Å². The van der Waals surface area contributed by atoms with Gasteiger partial charge in [-0.2, -0.15) is 0 Å². The molecule has 1 aromatic rings. The SMILES string of the molecule is COCCn1cc(NC(=O)C2CNCC2C)ccc1=O. The minimum atomic E-state index is -0.101. The number of hydrogen-bond donors (Lipinski definition) is 2. The lowest BCUT2D eigenvalue weighted by molar-refractivity contribution is -0.120. The standard InChI is InChI=1S/C14H21N3O3/c1-10-7-15-8-12(10)14(19)16-11-3-4-13(18)17(9-11)5-6-20-2/h3-4,9-10,12,15H,5-8H2,1-2H3,(H,16,19). The van der Waals surface area contributed by atoms with E-state index >= 15 is 0 Å². The van der Waals surface area contributed by atoms with Crippen LogP contribution in [0.3, 0.4) is 0 Å². The predicted molar refractivity (Wildman–Crippen MR) is 76.7 cm³/mol. The number of carbonyl (C=O) groups is 1. The van der Waals surface area contributed by atoms with Crippen molar-refractivity contribution in [2.45, 2.75) is 13.5 Å². The van der Waals surface area contributed by atoms with Crippen molar-refractivity contribution < 1.29 is 9.53 Å².